The van der Waals surface area contributed by atoms with Crippen LogP contribution in [0.15, 0.2) is 5.51 Å². The maximum atomic E-state index is 11.0. The first kappa shape index (κ1) is 10.4. The Bertz CT molecular complexity index is 347. The van der Waals surface area contributed by atoms with Crippen molar-refractivity contribution >= 4 is 17.2 Å². The number of nitrogens with one attached hydrogen (secondary N) is 1. The molecule has 0 spiro atoms. The molecule has 0 unspecified atom stereocenters. The van der Waals surface area contributed by atoms with E-state index in [2.05, 4.69) is 10.3 Å². The fourth-order valence-corrected chi connectivity index (χ4v) is 2.13. The SMILES string of the molecule is NC(=O)c1scnc1OC1CCNCC1. The Kier molecular flexibility index (Phi) is 3.17. The molecule has 6 heteroatoms. The van der Waals surface area contributed by atoms with Crippen molar-refractivity contribution < 1.29 is 9.53 Å². The Hall–Kier alpha value is -1.14. The normalized spacial score (nSPS) is 17.6. The lowest BCUT2D eigenvalue weighted by molar-refractivity contribution is 0.0992. The molecule has 1 aromatic rings. The van der Waals surface area contributed by atoms with E-state index in [-0.39, 0.29) is 6.10 Å². The highest BCUT2D eigenvalue weighted by molar-refractivity contribution is 7.12. The molecule has 1 fully saturated rings. The number of carbonyl (C=O) groups excluding carboxylic acids is 1. The number of amides is 1. The molecule has 1 amide bonds. The van der Waals surface area contributed by atoms with Crippen molar-refractivity contribution in [3.05, 3.63) is 10.4 Å². The number of aromatic nitrogens is 1. The molecule has 0 saturated carbocycles. The van der Waals surface area contributed by atoms with Gasteiger partial charge in [0.2, 0.25) is 5.88 Å². The van der Waals surface area contributed by atoms with Crippen LogP contribution in [0.25, 0.3) is 0 Å². The first-order valence-corrected chi connectivity index (χ1v) is 5.76. The smallest absolute Gasteiger partial charge is 0.264 e. The molecule has 1 aliphatic rings. The van der Waals surface area contributed by atoms with Crippen LogP contribution in [0.4, 0.5) is 0 Å². The summed E-state index contributed by atoms with van der Waals surface area (Å²) in [5.74, 6) is -0.0826. The number of primary amides is 1. The number of hydrogen-bond donors (Lipinski definition) is 2. The molecular formula is C9H13N3O2S. The molecule has 5 nitrogen and oxygen atoms in total. The van der Waals surface area contributed by atoms with Crippen molar-refractivity contribution in [2.45, 2.75) is 18.9 Å². The highest BCUT2D eigenvalue weighted by Crippen LogP contribution is 2.23. The molecule has 2 rings (SSSR count). The summed E-state index contributed by atoms with van der Waals surface area (Å²) in [6.45, 7) is 1.89. The van der Waals surface area contributed by atoms with Crippen LogP contribution in [0.1, 0.15) is 22.5 Å². The van der Waals surface area contributed by atoms with Crippen LogP contribution in [-0.2, 0) is 0 Å². The maximum Gasteiger partial charge on any atom is 0.264 e. The molecule has 0 radical (unpaired) electrons. The molecule has 0 aromatic carbocycles. The van der Waals surface area contributed by atoms with Crippen molar-refractivity contribution in [3.8, 4) is 5.88 Å². The summed E-state index contributed by atoms with van der Waals surface area (Å²) in [6.07, 6.45) is 2.03. The number of thiazole rings is 1. The summed E-state index contributed by atoms with van der Waals surface area (Å²) >= 11 is 1.22. The number of nitrogens with zero attached hydrogens (tertiary/aromatic N) is 1. The van der Waals surface area contributed by atoms with E-state index in [4.69, 9.17) is 10.5 Å². The van der Waals surface area contributed by atoms with Crippen LogP contribution in [0.3, 0.4) is 0 Å². The van der Waals surface area contributed by atoms with Gasteiger partial charge in [0.25, 0.3) is 5.91 Å². The number of nitrogens with two attached hydrogens (primary N) is 1. The van der Waals surface area contributed by atoms with Crippen molar-refractivity contribution in [2.24, 2.45) is 5.73 Å². The maximum absolute atomic E-state index is 11.0. The van der Waals surface area contributed by atoms with Gasteiger partial charge in [0.15, 0.2) is 4.88 Å². The predicted molar refractivity (Wildman–Crippen MR) is 57.2 cm³/mol. The molecule has 15 heavy (non-hydrogen) atoms. The number of rotatable bonds is 3. The summed E-state index contributed by atoms with van der Waals surface area (Å²) in [4.78, 5) is 15.4. The topological polar surface area (TPSA) is 77.2 Å². The zero-order valence-corrected chi connectivity index (χ0v) is 9.05. The van der Waals surface area contributed by atoms with Crippen LogP contribution in [0.2, 0.25) is 0 Å². The zero-order valence-electron chi connectivity index (χ0n) is 8.23. The Morgan fingerprint density at radius 1 is 1.60 bits per heavy atom. The Morgan fingerprint density at radius 2 is 2.33 bits per heavy atom. The summed E-state index contributed by atoms with van der Waals surface area (Å²) in [5, 5.41) is 3.24. The molecule has 2 heterocycles. The van der Waals surface area contributed by atoms with E-state index in [0.717, 1.165) is 25.9 Å². The average molecular weight is 227 g/mol. The summed E-state index contributed by atoms with van der Waals surface area (Å²) in [6, 6.07) is 0. The molecule has 82 valence electrons. The second-order valence-electron chi connectivity index (χ2n) is 3.42. The van der Waals surface area contributed by atoms with E-state index in [1.165, 1.54) is 11.3 Å². The molecule has 1 aliphatic heterocycles. The quantitative estimate of drug-likeness (QED) is 0.782. The van der Waals surface area contributed by atoms with Crippen molar-refractivity contribution in [1.82, 2.24) is 10.3 Å². The lowest BCUT2D eigenvalue weighted by Crippen LogP contribution is -2.34. The fourth-order valence-electron chi connectivity index (χ4n) is 1.55. The summed E-state index contributed by atoms with van der Waals surface area (Å²) in [5.41, 5.74) is 6.78. The van der Waals surface area contributed by atoms with Crippen LogP contribution >= 0.6 is 11.3 Å². The van der Waals surface area contributed by atoms with Gasteiger partial charge in [-0.2, -0.15) is 0 Å². The van der Waals surface area contributed by atoms with Gasteiger partial charge in [-0.3, -0.25) is 4.79 Å². The van der Waals surface area contributed by atoms with Gasteiger partial charge in [0.1, 0.15) is 6.10 Å². The van der Waals surface area contributed by atoms with Crippen LogP contribution in [0, 0.1) is 0 Å². The Morgan fingerprint density at radius 3 is 3.00 bits per heavy atom. The van der Waals surface area contributed by atoms with Gasteiger partial charge in [0, 0.05) is 0 Å². The lowest BCUT2D eigenvalue weighted by Gasteiger charge is -2.22. The van der Waals surface area contributed by atoms with E-state index < -0.39 is 5.91 Å². The Balaban J connectivity index is 2.03. The third kappa shape index (κ3) is 2.45. The van der Waals surface area contributed by atoms with Crippen molar-refractivity contribution in [1.29, 1.82) is 0 Å². The van der Waals surface area contributed by atoms with E-state index in [1.807, 2.05) is 0 Å². The number of carbonyl (C=O) groups is 1. The van der Waals surface area contributed by atoms with Gasteiger partial charge in [-0.15, -0.1) is 11.3 Å². The lowest BCUT2D eigenvalue weighted by atomic mass is 10.1. The third-order valence-corrected chi connectivity index (χ3v) is 3.15. The van der Waals surface area contributed by atoms with Crippen LogP contribution in [0.5, 0.6) is 5.88 Å². The molecule has 1 aromatic heterocycles. The molecule has 1 saturated heterocycles. The minimum Gasteiger partial charge on any atom is -0.473 e. The molecule has 0 bridgehead atoms. The minimum absolute atomic E-state index is 0.145. The molecule has 0 atom stereocenters. The zero-order chi connectivity index (χ0) is 10.7. The monoisotopic (exact) mass is 227 g/mol. The minimum atomic E-state index is -0.471. The molecule has 0 aliphatic carbocycles. The van der Waals surface area contributed by atoms with E-state index in [1.54, 1.807) is 5.51 Å². The van der Waals surface area contributed by atoms with Gasteiger partial charge in [-0.05, 0) is 25.9 Å². The fraction of sp³-hybridized carbons (Fsp3) is 0.556. The largest absolute Gasteiger partial charge is 0.473 e. The van der Waals surface area contributed by atoms with Crippen molar-refractivity contribution in [3.63, 3.8) is 0 Å². The van der Waals surface area contributed by atoms with Crippen LogP contribution < -0.4 is 15.8 Å². The average Bonchev–Trinajstić information content (AvgIpc) is 2.67. The first-order chi connectivity index (χ1) is 7.27. The predicted octanol–water partition coefficient (Wildman–Crippen LogP) is 0.373. The second-order valence-corrected chi connectivity index (χ2v) is 4.27. The van der Waals surface area contributed by atoms with Gasteiger partial charge in [-0.1, -0.05) is 0 Å². The Labute approximate surface area is 91.6 Å². The highest BCUT2D eigenvalue weighted by Gasteiger charge is 2.19. The number of ether oxygens (including phenoxy) is 1. The number of piperidine rings is 1. The van der Waals surface area contributed by atoms with Gasteiger partial charge < -0.3 is 15.8 Å². The number of hydrogen-bond acceptors (Lipinski definition) is 5. The van der Waals surface area contributed by atoms with E-state index in [9.17, 15) is 4.79 Å². The van der Waals surface area contributed by atoms with E-state index in [0.29, 0.717) is 10.8 Å². The standard InChI is InChI=1S/C9H13N3O2S/c10-8(13)7-9(12-5-15-7)14-6-1-3-11-4-2-6/h5-6,11H,1-4H2,(H2,10,13). The van der Waals surface area contributed by atoms with Crippen LogP contribution in [-0.4, -0.2) is 30.1 Å². The summed E-state index contributed by atoms with van der Waals surface area (Å²) in [7, 11) is 0. The second kappa shape index (κ2) is 4.59. The third-order valence-electron chi connectivity index (χ3n) is 2.32. The molecular weight excluding hydrogens is 214 g/mol. The molecule has 3 N–H and O–H groups in total. The highest BCUT2D eigenvalue weighted by atomic mass is 32.1. The summed E-state index contributed by atoms with van der Waals surface area (Å²) < 4.78 is 5.65. The van der Waals surface area contributed by atoms with Gasteiger partial charge in [-0.25, -0.2) is 4.98 Å². The van der Waals surface area contributed by atoms with Gasteiger partial charge in [0.05, 0.1) is 5.51 Å². The van der Waals surface area contributed by atoms with Crippen molar-refractivity contribution in [2.75, 3.05) is 13.1 Å². The van der Waals surface area contributed by atoms with Gasteiger partial charge >= 0.3 is 0 Å². The first-order valence-electron chi connectivity index (χ1n) is 4.88. The van der Waals surface area contributed by atoms with E-state index >= 15 is 0 Å².